The molecule has 108 valence electrons. The Hall–Kier alpha value is -1.15. The first-order chi connectivity index (χ1) is 9.36. The minimum atomic E-state index is -1.78. The van der Waals surface area contributed by atoms with E-state index in [0.717, 1.165) is 10.8 Å². The number of nitrogens with one attached hydrogen (secondary N) is 1. The van der Waals surface area contributed by atoms with Crippen molar-refractivity contribution in [3.05, 3.63) is 21.4 Å². The van der Waals surface area contributed by atoms with E-state index in [1.54, 1.807) is 0 Å². The maximum atomic E-state index is 13.5. The average Bonchev–Trinajstić information content (AvgIpc) is 2.68. The lowest BCUT2D eigenvalue weighted by molar-refractivity contribution is -0.0932. The molecule has 1 aromatic heterocycles. The zero-order valence-corrected chi connectivity index (χ0v) is 11.6. The van der Waals surface area contributed by atoms with Crippen LogP contribution >= 0.6 is 24.4 Å². The molecule has 1 aromatic rings. The number of aliphatic hydroxyl groups is 3. The molecular weight excluding hydrogens is 307 g/mol. The monoisotopic (exact) mass is 318 g/mol. The molecule has 0 bridgehead atoms. The van der Waals surface area contributed by atoms with E-state index in [9.17, 15) is 19.7 Å². The topological polar surface area (TPSA) is 90.6 Å². The minimum absolute atomic E-state index is 0.0154. The van der Waals surface area contributed by atoms with Crippen LogP contribution < -0.4 is 0 Å². The van der Waals surface area contributed by atoms with Crippen molar-refractivity contribution in [1.29, 1.82) is 0 Å². The van der Waals surface area contributed by atoms with Gasteiger partial charge in [0.1, 0.15) is 16.8 Å². The summed E-state index contributed by atoms with van der Waals surface area (Å²) in [5, 5.41) is 29.2. The van der Waals surface area contributed by atoms with Crippen LogP contribution in [0.2, 0.25) is 0 Å². The fraction of sp³-hybridized carbons (Fsp3) is 0.455. The first kappa shape index (κ1) is 15.2. The van der Waals surface area contributed by atoms with Crippen LogP contribution in [0.4, 0.5) is 4.39 Å². The highest BCUT2D eigenvalue weighted by atomic mass is 32.1. The van der Waals surface area contributed by atoms with Crippen LogP contribution in [0.25, 0.3) is 0 Å². The van der Waals surface area contributed by atoms with E-state index >= 15 is 0 Å². The van der Waals surface area contributed by atoms with E-state index in [-0.39, 0.29) is 9.41 Å². The van der Waals surface area contributed by atoms with Crippen molar-refractivity contribution in [2.24, 2.45) is 0 Å². The first-order valence-electron chi connectivity index (χ1n) is 5.50. The summed E-state index contributed by atoms with van der Waals surface area (Å²) in [6.45, 7) is -0.711. The summed E-state index contributed by atoms with van der Waals surface area (Å²) in [6, 6.07) is 0. The molecule has 1 saturated heterocycles. The number of aliphatic hydroxyl groups excluding tert-OH is 3. The van der Waals surface area contributed by atoms with Gasteiger partial charge in [-0.25, -0.2) is 4.39 Å². The van der Waals surface area contributed by atoms with Crippen LogP contribution in [-0.4, -0.2) is 49.3 Å². The van der Waals surface area contributed by atoms with Crippen molar-refractivity contribution in [3.8, 4) is 12.3 Å². The molecule has 0 spiro atoms. The van der Waals surface area contributed by atoms with E-state index in [2.05, 4.69) is 23.1 Å². The second-order valence-electron chi connectivity index (χ2n) is 4.28. The van der Waals surface area contributed by atoms with Crippen molar-refractivity contribution in [2.75, 3.05) is 6.61 Å². The molecule has 4 atom stereocenters. The summed E-state index contributed by atoms with van der Waals surface area (Å²) in [5.74, 6) is 1.32. The Morgan fingerprint density at radius 2 is 2.20 bits per heavy atom. The molecule has 1 aliphatic heterocycles. The van der Waals surface area contributed by atoms with Gasteiger partial charge in [0, 0.05) is 6.20 Å². The summed E-state index contributed by atoms with van der Waals surface area (Å²) in [7, 11) is 0. The molecular formula is C11H11FN2O4S2. The van der Waals surface area contributed by atoms with Gasteiger partial charge < -0.3 is 25.0 Å². The Kier molecular flexibility index (Phi) is 4.06. The molecule has 0 amide bonds. The lowest BCUT2D eigenvalue weighted by Gasteiger charge is -2.23. The highest BCUT2D eigenvalue weighted by Gasteiger charge is 2.54. The number of rotatable bonds is 2. The highest BCUT2D eigenvalue weighted by Crippen LogP contribution is 2.36. The predicted octanol–water partition coefficient (Wildman–Crippen LogP) is 0.0292. The van der Waals surface area contributed by atoms with Crippen molar-refractivity contribution in [3.63, 3.8) is 0 Å². The fourth-order valence-electron chi connectivity index (χ4n) is 1.95. The van der Waals surface area contributed by atoms with Gasteiger partial charge in [0.2, 0.25) is 0 Å². The maximum Gasteiger partial charge on any atom is 0.182 e. The number of aromatic amines is 1. The lowest BCUT2D eigenvalue weighted by atomic mass is 9.97. The van der Waals surface area contributed by atoms with Crippen LogP contribution in [0.3, 0.4) is 0 Å². The second kappa shape index (κ2) is 5.33. The van der Waals surface area contributed by atoms with Crippen molar-refractivity contribution in [1.82, 2.24) is 9.55 Å². The third kappa shape index (κ3) is 2.20. The number of terminal acetylenes is 1. The number of ether oxygens (including phenoxy) is 1. The van der Waals surface area contributed by atoms with Crippen molar-refractivity contribution < 1.29 is 24.4 Å². The molecule has 20 heavy (non-hydrogen) atoms. The van der Waals surface area contributed by atoms with Gasteiger partial charge in [-0.15, -0.1) is 6.42 Å². The zero-order valence-electron chi connectivity index (χ0n) is 9.99. The van der Waals surface area contributed by atoms with Crippen LogP contribution in [0.15, 0.2) is 6.20 Å². The maximum absolute atomic E-state index is 13.5. The van der Waals surface area contributed by atoms with E-state index in [4.69, 9.17) is 23.4 Å². The van der Waals surface area contributed by atoms with E-state index in [1.165, 1.54) is 0 Å². The standard InChI is InChI=1S/C11H11FN2O4S2/c1-2-11(4-15)7(17)6(16)9(18-11)14-3-5(12)8(19)13-10(14)20/h1,3,6-7,9,15-17H,4H2,(H,13,19,20)/t6?,7-,9-,11-/m1/s1. The first-order valence-corrected chi connectivity index (χ1v) is 6.31. The Morgan fingerprint density at radius 3 is 2.70 bits per heavy atom. The van der Waals surface area contributed by atoms with Crippen LogP contribution in [0, 0.1) is 27.6 Å². The van der Waals surface area contributed by atoms with E-state index < -0.39 is 36.5 Å². The number of nitrogens with zero attached hydrogens (tertiary/aromatic N) is 1. The molecule has 0 saturated carbocycles. The molecule has 1 unspecified atom stereocenters. The Balaban J connectivity index is 2.51. The molecule has 9 heteroatoms. The van der Waals surface area contributed by atoms with E-state index in [1.807, 2.05) is 0 Å². The van der Waals surface area contributed by atoms with Gasteiger partial charge in [-0.05, 0) is 12.2 Å². The van der Waals surface area contributed by atoms with Crippen LogP contribution in [0.5, 0.6) is 0 Å². The molecule has 6 nitrogen and oxygen atoms in total. The number of aromatic nitrogens is 2. The third-order valence-corrected chi connectivity index (χ3v) is 3.71. The molecule has 1 aliphatic rings. The molecule has 4 N–H and O–H groups in total. The Morgan fingerprint density at radius 1 is 1.55 bits per heavy atom. The van der Waals surface area contributed by atoms with Gasteiger partial charge in [0.05, 0.1) is 6.61 Å². The average molecular weight is 318 g/mol. The van der Waals surface area contributed by atoms with Gasteiger partial charge in [-0.3, -0.25) is 4.57 Å². The normalized spacial score (nSPS) is 33.0. The number of hydrogen-bond acceptors (Lipinski definition) is 6. The molecule has 2 heterocycles. The van der Waals surface area contributed by atoms with Gasteiger partial charge in [0.25, 0.3) is 0 Å². The number of H-pyrrole nitrogens is 1. The van der Waals surface area contributed by atoms with Crippen molar-refractivity contribution >= 4 is 24.4 Å². The SMILES string of the molecule is C#C[C@]1(CO)O[C@@H](n2cc(F)c(=S)[nH]c2=S)C(O)[C@H]1O. The van der Waals surface area contributed by atoms with Gasteiger partial charge >= 0.3 is 0 Å². The quantitative estimate of drug-likeness (QED) is 0.454. The van der Waals surface area contributed by atoms with Crippen LogP contribution in [-0.2, 0) is 4.74 Å². The van der Waals surface area contributed by atoms with Crippen molar-refractivity contribution in [2.45, 2.75) is 24.0 Å². The predicted molar refractivity (Wildman–Crippen MR) is 71.2 cm³/mol. The molecule has 1 fully saturated rings. The fourth-order valence-corrected chi connectivity index (χ4v) is 2.43. The molecule has 0 aromatic carbocycles. The summed E-state index contributed by atoms with van der Waals surface area (Å²) < 4.78 is 19.7. The van der Waals surface area contributed by atoms with Gasteiger partial charge in [-0.2, -0.15) is 0 Å². The summed E-state index contributed by atoms with van der Waals surface area (Å²) in [5.41, 5.74) is -1.78. The smallest absolute Gasteiger partial charge is 0.182 e. The van der Waals surface area contributed by atoms with E-state index in [0.29, 0.717) is 0 Å². The van der Waals surface area contributed by atoms with Crippen LogP contribution in [0.1, 0.15) is 6.23 Å². The summed E-state index contributed by atoms with van der Waals surface area (Å²) in [4.78, 5) is 2.41. The highest BCUT2D eigenvalue weighted by molar-refractivity contribution is 7.72. The zero-order chi connectivity index (χ0) is 15.1. The largest absolute Gasteiger partial charge is 0.392 e. The third-order valence-electron chi connectivity index (χ3n) is 3.10. The van der Waals surface area contributed by atoms with Gasteiger partial charge in [-0.1, -0.05) is 18.1 Å². The summed E-state index contributed by atoms with van der Waals surface area (Å²) in [6.07, 6.45) is 1.87. The summed E-state index contributed by atoms with van der Waals surface area (Å²) >= 11 is 9.64. The van der Waals surface area contributed by atoms with Gasteiger partial charge in [0.15, 0.2) is 22.4 Å². The number of hydrogen-bond donors (Lipinski definition) is 4. The lowest BCUT2D eigenvalue weighted by Crippen LogP contribution is -2.44. The Bertz CT molecular complexity index is 682. The molecule has 0 radical (unpaired) electrons. The Labute approximate surface area is 123 Å². The second-order valence-corrected chi connectivity index (χ2v) is 5.07. The minimum Gasteiger partial charge on any atom is -0.392 e. The molecule has 2 rings (SSSR count). The number of halogens is 1. The molecule has 0 aliphatic carbocycles.